The minimum atomic E-state index is -0.560. The van der Waals surface area contributed by atoms with E-state index < -0.39 is 12.8 Å². The molecular weight excluding hydrogens is 152 g/mol. The Morgan fingerprint density at radius 1 is 1.90 bits per heavy atom. The van der Waals surface area contributed by atoms with Crippen LogP contribution in [0.2, 0.25) is 0 Å². The van der Waals surface area contributed by atoms with Crippen molar-refractivity contribution >= 4 is 17.7 Å². The molecule has 0 aromatic carbocycles. The average Bonchev–Trinajstić information content (AvgIpc) is 2.68. The van der Waals surface area contributed by atoms with Crippen molar-refractivity contribution in [2.24, 2.45) is 0 Å². The zero-order valence-electron chi connectivity index (χ0n) is 5.37. The van der Waals surface area contributed by atoms with Crippen LogP contribution in [-0.4, -0.2) is 28.9 Å². The molecule has 0 amide bonds. The van der Waals surface area contributed by atoms with Gasteiger partial charge in [0.2, 0.25) is 0 Å². The molecule has 1 heterocycles. The van der Waals surface area contributed by atoms with Crippen molar-refractivity contribution in [3.8, 4) is 0 Å². The van der Waals surface area contributed by atoms with E-state index in [2.05, 4.69) is 11.3 Å². The largest absolute Gasteiger partial charge is 0.435 e. The Balaban J connectivity index is 2.32. The maximum atomic E-state index is 10.7. The lowest BCUT2D eigenvalue weighted by atomic mass is 10.2. The fraction of sp³-hybridized carbons (Fsp3) is 0.500. The Hall–Kier alpha value is -0.480. The van der Waals surface area contributed by atoms with Crippen LogP contribution in [0.4, 0.5) is 0 Å². The van der Waals surface area contributed by atoms with Crippen LogP contribution in [0.5, 0.6) is 0 Å². The molecule has 0 aromatic heterocycles. The van der Waals surface area contributed by atoms with Gasteiger partial charge < -0.3 is 9.84 Å². The van der Waals surface area contributed by atoms with Crippen LogP contribution in [0.15, 0.2) is 12.2 Å². The predicted octanol–water partition coefficient (Wildman–Crippen LogP) is 0.151. The van der Waals surface area contributed by atoms with Crippen molar-refractivity contribution in [1.29, 1.82) is 0 Å². The van der Waals surface area contributed by atoms with E-state index in [1.807, 2.05) is 0 Å². The second kappa shape index (κ2) is 3.07. The van der Waals surface area contributed by atoms with E-state index in [0.717, 1.165) is 5.75 Å². The molecule has 0 saturated carbocycles. The molecule has 3 nitrogen and oxygen atoms in total. The maximum Gasteiger partial charge on any atom is 0.336 e. The van der Waals surface area contributed by atoms with Crippen molar-refractivity contribution in [2.45, 2.75) is 5.25 Å². The molecule has 1 atom stereocenters. The lowest BCUT2D eigenvalue weighted by molar-refractivity contribution is -0.146. The molecule has 56 valence electrons. The molecule has 0 radical (unpaired) electrons. The zero-order valence-corrected chi connectivity index (χ0v) is 6.19. The van der Waals surface area contributed by atoms with Gasteiger partial charge >= 0.3 is 5.97 Å². The molecule has 1 unspecified atom stereocenters. The number of thioether (sulfide) groups is 1. The lowest BCUT2D eigenvalue weighted by Crippen LogP contribution is -2.10. The average molecular weight is 160 g/mol. The maximum absolute atomic E-state index is 10.7. The van der Waals surface area contributed by atoms with Crippen LogP contribution >= 0.6 is 11.8 Å². The number of aliphatic hydroxyl groups is 1. The number of hydrogen-bond donors (Lipinski definition) is 1. The highest BCUT2D eigenvalue weighted by Crippen LogP contribution is 2.35. The molecule has 1 aliphatic heterocycles. The molecule has 1 fully saturated rings. The van der Waals surface area contributed by atoms with Crippen molar-refractivity contribution < 1.29 is 14.6 Å². The van der Waals surface area contributed by atoms with Crippen LogP contribution in [0.3, 0.4) is 0 Å². The van der Waals surface area contributed by atoms with E-state index in [9.17, 15) is 4.79 Å². The fourth-order valence-corrected chi connectivity index (χ4v) is 1.13. The summed E-state index contributed by atoms with van der Waals surface area (Å²) in [6, 6.07) is 0. The van der Waals surface area contributed by atoms with Gasteiger partial charge in [0.25, 0.3) is 0 Å². The second-order valence-corrected chi connectivity index (χ2v) is 3.14. The molecule has 0 aliphatic carbocycles. The van der Waals surface area contributed by atoms with E-state index in [1.54, 1.807) is 11.8 Å². The quantitative estimate of drug-likeness (QED) is 0.276. The van der Waals surface area contributed by atoms with Gasteiger partial charge in [-0.05, 0) is 0 Å². The second-order valence-electron chi connectivity index (χ2n) is 1.91. The van der Waals surface area contributed by atoms with E-state index in [0.29, 0.717) is 5.57 Å². The van der Waals surface area contributed by atoms with Gasteiger partial charge in [-0.15, -0.1) is 0 Å². The summed E-state index contributed by atoms with van der Waals surface area (Å²) in [6.45, 7) is 2.97. The van der Waals surface area contributed by atoms with Crippen molar-refractivity contribution in [2.75, 3.05) is 12.5 Å². The Labute approximate surface area is 63.1 Å². The summed E-state index contributed by atoms with van der Waals surface area (Å²) in [7, 11) is 0. The van der Waals surface area contributed by atoms with E-state index in [4.69, 9.17) is 5.11 Å². The van der Waals surface area contributed by atoms with Gasteiger partial charge in [0.15, 0.2) is 6.79 Å². The van der Waals surface area contributed by atoms with Gasteiger partial charge in [-0.1, -0.05) is 6.58 Å². The van der Waals surface area contributed by atoms with Crippen LogP contribution in [0.25, 0.3) is 0 Å². The number of hydrogen-bond acceptors (Lipinski definition) is 4. The third-order valence-corrected chi connectivity index (χ3v) is 2.13. The smallest absolute Gasteiger partial charge is 0.336 e. The van der Waals surface area contributed by atoms with E-state index >= 15 is 0 Å². The number of ether oxygens (including phenoxy) is 1. The van der Waals surface area contributed by atoms with Crippen molar-refractivity contribution in [3.05, 3.63) is 12.2 Å². The number of esters is 1. The number of carbonyl (C=O) groups excluding carboxylic acids is 1. The van der Waals surface area contributed by atoms with Gasteiger partial charge in [-0.2, -0.15) is 11.8 Å². The zero-order chi connectivity index (χ0) is 7.56. The highest BCUT2D eigenvalue weighted by atomic mass is 32.2. The Kier molecular flexibility index (Phi) is 2.34. The number of aliphatic hydroxyl groups excluding tert-OH is 1. The minimum Gasteiger partial charge on any atom is -0.435 e. The molecule has 0 spiro atoms. The molecule has 0 bridgehead atoms. The van der Waals surface area contributed by atoms with Gasteiger partial charge in [0, 0.05) is 16.6 Å². The van der Waals surface area contributed by atoms with Gasteiger partial charge in [-0.3, -0.25) is 0 Å². The Morgan fingerprint density at radius 2 is 2.50 bits per heavy atom. The normalized spacial score (nSPS) is 21.9. The summed E-state index contributed by atoms with van der Waals surface area (Å²) in [5.74, 6) is 0.455. The molecule has 1 N–H and O–H groups in total. The topological polar surface area (TPSA) is 46.5 Å². The minimum absolute atomic E-state index is 0.235. The molecule has 4 heteroatoms. The van der Waals surface area contributed by atoms with E-state index in [1.165, 1.54) is 0 Å². The molecule has 1 rings (SSSR count). The third kappa shape index (κ3) is 1.75. The van der Waals surface area contributed by atoms with Gasteiger partial charge in [0.1, 0.15) is 0 Å². The summed E-state index contributed by atoms with van der Waals surface area (Å²) >= 11 is 1.65. The molecule has 1 saturated heterocycles. The van der Waals surface area contributed by atoms with Crippen LogP contribution < -0.4 is 0 Å². The SMILES string of the molecule is C=C(C(=O)OCO)C1CS1. The lowest BCUT2D eigenvalue weighted by Gasteiger charge is -1.99. The molecule has 0 aromatic rings. The fourth-order valence-electron chi connectivity index (χ4n) is 0.532. The summed E-state index contributed by atoms with van der Waals surface area (Å²) < 4.78 is 4.31. The highest BCUT2D eigenvalue weighted by molar-refractivity contribution is 8.07. The monoisotopic (exact) mass is 160 g/mol. The van der Waals surface area contributed by atoms with Crippen molar-refractivity contribution in [1.82, 2.24) is 0 Å². The first kappa shape index (κ1) is 7.63. The van der Waals surface area contributed by atoms with Crippen LogP contribution in [0, 0.1) is 0 Å². The van der Waals surface area contributed by atoms with Gasteiger partial charge in [-0.25, -0.2) is 4.79 Å². The Bertz CT molecular complexity index is 162. The molecular formula is C6H8O3S. The summed E-state index contributed by atoms with van der Waals surface area (Å²) in [4.78, 5) is 10.7. The van der Waals surface area contributed by atoms with Gasteiger partial charge in [0.05, 0.1) is 0 Å². The van der Waals surface area contributed by atoms with E-state index in [-0.39, 0.29) is 5.25 Å². The molecule has 1 aliphatic rings. The van der Waals surface area contributed by atoms with Crippen LogP contribution in [0.1, 0.15) is 0 Å². The molecule has 10 heavy (non-hydrogen) atoms. The third-order valence-electron chi connectivity index (χ3n) is 1.18. The predicted molar refractivity (Wildman–Crippen MR) is 38.6 cm³/mol. The first-order valence-electron chi connectivity index (χ1n) is 2.84. The van der Waals surface area contributed by atoms with Crippen molar-refractivity contribution in [3.63, 3.8) is 0 Å². The first-order chi connectivity index (χ1) is 4.75. The Morgan fingerprint density at radius 3 is 2.90 bits per heavy atom. The summed E-state index contributed by atoms with van der Waals surface area (Å²) in [6.07, 6.45) is 0. The first-order valence-corrected chi connectivity index (χ1v) is 3.89. The standard InChI is InChI=1S/C6H8O3S/c1-4(5-2-10-5)6(8)9-3-7/h5,7H,1-3H2. The number of rotatable bonds is 3. The summed E-state index contributed by atoms with van der Waals surface area (Å²) in [5.41, 5.74) is 0.457. The number of carbonyl (C=O) groups is 1. The van der Waals surface area contributed by atoms with Crippen LogP contribution in [-0.2, 0) is 9.53 Å². The highest BCUT2D eigenvalue weighted by Gasteiger charge is 2.30. The summed E-state index contributed by atoms with van der Waals surface area (Å²) in [5, 5.41) is 8.43.